The molecular formula is C17H23N3OS. The van der Waals surface area contributed by atoms with E-state index in [4.69, 9.17) is 4.98 Å². The van der Waals surface area contributed by atoms with Gasteiger partial charge in [-0.3, -0.25) is 4.98 Å². The zero-order chi connectivity index (χ0) is 15.5. The van der Waals surface area contributed by atoms with Gasteiger partial charge in [0.2, 0.25) is 0 Å². The van der Waals surface area contributed by atoms with Crippen LogP contribution in [0.4, 0.5) is 0 Å². The van der Waals surface area contributed by atoms with E-state index in [0.29, 0.717) is 6.04 Å². The number of aromatic nitrogens is 2. The maximum atomic E-state index is 9.25. The standard InChI is InChI=1S/C17H23N3OS/c1-11(19-15(7-9-21)13-5-6-13)16-12(2)20-17(22-16)14-4-3-8-18-10-14/h3-4,8,10-11,13,15,19,21H,5-7,9H2,1-2H3. The lowest BCUT2D eigenvalue weighted by molar-refractivity contribution is 0.250. The molecule has 0 spiro atoms. The van der Waals surface area contributed by atoms with Crippen LogP contribution in [0.25, 0.3) is 10.6 Å². The van der Waals surface area contributed by atoms with Crippen molar-refractivity contribution in [1.29, 1.82) is 0 Å². The van der Waals surface area contributed by atoms with Crippen LogP contribution in [0.1, 0.15) is 42.8 Å². The fourth-order valence-corrected chi connectivity index (χ4v) is 3.98. The smallest absolute Gasteiger partial charge is 0.125 e. The van der Waals surface area contributed by atoms with Crippen molar-refractivity contribution in [2.75, 3.05) is 6.61 Å². The number of aliphatic hydroxyl groups excluding tert-OH is 1. The van der Waals surface area contributed by atoms with Gasteiger partial charge in [0, 0.05) is 41.5 Å². The number of nitrogens with zero attached hydrogens (tertiary/aromatic N) is 2. The number of nitrogens with one attached hydrogen (secondary N) is 1. The van der Waals surface area contributed by atoms with Crippen LogP contribution in [-0.4, -0.2) is 27.7 Å². The summed E-state index contributed by atoms with van der Waals surface area (Å²) in [6.07, 6.45) is 7.05. The predicted octanol–water partition coefficient (Wildman–Crippen LogP) is 3.33. The Morgan fingerprint density at radius 3 is 2.91 bits per heavy atom. The Morgan fingerprint density at radius 1 is 1.45 bits per heavy atom. The second-order valence-corrected chi connectivity index (χ2v) is 7.09. The molecule has 0 amide bonds. The summed E-state index contributed by atoms with van der Waals surface area (Å²) in [6.45, 7) is 4.52. The lowest BCUT2D eigenvalue weighted by Crippen LogP contribution is -2.34. The van der Waals surface area contributed by atoms with Crippen LogP contribution in [0, 0.1) is 12.8 Å². The van der Waals surface area contributed by atoms with E-state index >= 15 is 0 Å². The molecule has 3 rings (SSSR count). The summed E-state index contributed by atoms with van der Waals surface area (Å²) in [5.74, 6) is 0.737. The van der Waals surface area contributed by atoms with Gasteiger partial charge in [-0.25, -0.2) is 4.98 Å². The minimum atomic E-state index is 0.253. The Bertz CT molecular complexity index is 610. The fourth-order valence-electron chi connectivity index (χ4n) is 2.91. The topological polar surface area (TPSA) is 58.0 Å². The third-order valence-corrected chi connectivity index (χ3v) is 5.62. The summed E-state index contributed by atoms with van der Waals surface area (Å²) in [4.78, 5) is 10.2. The molecule has 2 atom stereocenters. The second-order valence-electron chi connectivity index (χ2n) is 6.05. The van der Waals surface area contributed by atoms with E-state index in [2.05, 4.69) is 24.1 Å². The van der Waals surface area contributed by atoms with Crippen LogP contribution in [0.3, 0.4) is 0 Å². The summed E-state index contributed by atoms with van der Waals surface area (Å²) < 4.78 is 0. The van der Waals surface area contributed by atoms with E-state index in [-0.39, 0.29) is 12.6 Å². The zero-order valence-corrected chi connectivity index (χ0v) is 13.9. The van der Waals surface area contributed by atoms with E-state index in [1.165, 1.54) is 17.7 Å². The third kappa shape index (κ3) is 3.54. The molecule has 1 aliphatic carbocycles. The molecule has 2 heterocycles. The summed E-state index contributed by atoms with van der Waals surface area (Å²) in [6, 6.07) is 4.67. The maximum absolute atomic E-state index is 9.25. The molecule has 2 aromatic heterocycles. The maximum Gasteiger partial charge on any atom is 0.125 e. The van der Waals surface area contributed by atoms with Crippen LogP contribution in [0.5, 0.6) is 0 Å². The van der Waals surface area contributed by atoms with Gasteiger partial charge in [-0.2, -0.15) is 0 Å². The molecule has 0 bridgehead atoms. The Hall–Kier alpha value is -1.30. The normalized spacial score (nSPS) is 17.4. The average Bonchev–Trinajstić information content (AvgIpc) is 3.30. The lowest BCUT2D eigenvalue weighted by atomic mass is 10.1. The average molecular weight is 317 g/mol. The van der Waals surface area contributed by atoms with Gasteiger partial charge >= 0.3 is 0 Å². The molecular weight excluding hydrogens is 294 g/mol. The van der Waals surface area contributed by atoms with E-state index in [1.807, 2.05) is 18.3 Å². The Morgan fingerprint density at radius 2 is 2.27 bits per heavy atom. The number of thiazole rings is 1. The van der Waals surface area contributed by atoms with Crippen LogP contribution < -0.4 is 5.32 Å². The molecule has 1 saturated carbocycles. The van der Waals surface area contributed by atoms with Gasteiger partial charge in [-0.1, -0.05) is 0 Å². The van der Waals surface area contributed by atoms with Crippen LogP contribution in [0.15, 0.2) is 24.5 Å². The number of aryl methyl sites for hydroxylation is 1. The minimum Gasteiger partial charge on any atom is -0.396 e. The quantitative estimate of drug-likeness (QED) is 0.822. The SMILES string of the molecule is Cc1nc(-c2cccnc2)sc1C(C)NC(CCO)C1CC1. The van der Waals surface area contributed by atoms with Gasteiger partial charge in [-0.05, 0) is 51.2 Å². The number of rotatable bonds is 7. The van der Waals surface area contributed by atoms with E-state index < -0.39 is 0 Å². The first-order chi connectivity index (χ1) is 10.7. The Kier molecular flexibility index (Phi) is 4.86. The Labute approximate surface area is 135 Å². The van der Waals surface area contributed by atoms with Crippen molar-refractivity contribution in [3.63, 3.8) is 0 Å². The molecule has 5 heteroatoms. The zero-order valence-electron chi connectivity index (χ0n) is 13.1. The second kappa shape index (κ2) is 6.86. The molecule has 118 valence electrons. The molecule has 2 unspecified atom stereocenters. The number of aliphatic hydroxyl groups is 1. The predicted molar refractivity (Wildman–Crippen MR) is 89.8 cm³/mol. The number of hydrogen-bond acceptors (Lipinski definition) is 5. The van der Waals surface area contributed by atoms with Crippen molar-refractivity contribution in [2.45, 2.75) is 45.2 Å². The fraction of sp³-hybridized carbons (Fsp3) is 0.529. The number of hydrogen-bond donors (Lipinski definition) is 2. The first kappa shape index (κ1) is 15.6. The van der Waals surface area contributed by atoms with Gasteiger partial charge in [0.05, 0.1) is 5.69 Å². The van der Waals surface area contributed by atoms with Crippen LogP contribution in [-0.2, 0) is 0 Å². The summed E-state index contributed by atoms with van der Waals surface area (Å²) >= 11 is 1.74. The first-order valence-corrected chi connectivity index (χ1v) is 8.75. The molecule has 4 nitrogen and oxygen atoms in total. The van der Waals surface area contributed by atoms with Gasteiger partial charge in [0.1, 0.15) is 5.01 Å². The minimum absolute atomic E-state index is 0.253. The van der Waals surface area contributed by atoms with Gasteiger partial charge in [-0.15, -0.1) is 11.3 Å². The molecule has 0 saturated heterocycles. The third-order valence-electron chi connectivity index (χ3n) is 4.23. The summed E-state index contributed by atoms with van der Waals surface area (Å²) in [5, 5.41) is 14.0. The monoisotopic (exact) mass is 317 g/mol. The molecule has 1 aliphatic rings. The molecule has 2 N–H and O–H groups in total. The highest BCUT2D eigenvalue weighted by atomic mass is 32.1. The highest BCUT2D eigenvalue weighted by Gasteiger charge is 2.32. The first-order valence-electron chi connectivity index (χ1n) is 7.93. The van der Waals surface area contributed by atoms with Gasteiger partial charge < -0.3 is 10.4 Å². The van der Waals surface area contributed by atoms with Crippen molar-refractivity contribution in [2.24, 2.45) is 5.92 Å². The molecule has 0 aromatic carbocycles. The molecule has 2 aromatic rings. The molecule has 0 aliphatic heterocycles. The van der Waals surface area contributed by atoms with Crippen LogP contribution >= 0.6 is 11.3 Å². The molecule has 22 heavy (non-hydrogen) atoms. The van der Waals surface area contributed by atoms with Crippen LogP contribution in [0.2, 0.25) is 0 Å². The summed E-state index contributed by atoms with van der Waals surface area (Å²) in [5.41, 5.74) is 2.16. The van der Waals surface area contributed by atoms with E-state index in [0.717, 1.165) is 28.6 Å². The highest BCUT2D eigenvalue weighted by molar-refractivity contribution is 7.15. The number of pyridine rings is 1. The lowest BCUT2D eigenvalue weighted by Gasteiger charge is -2.22. The van der Waals surface area contributed by atoms with Crippen molar-refractivity contribution in [1.82, 2.24) is 15.3 Å². The summed E-state index contributed by atoms with van der Waals surface area (Å²) in [7, 11) is 0. The van der Waals surface area contributed by atoms with Crippen molar-refractivity contribution < 1.29 is 5.11 Å². The Balaban J connectivity index is 1.75. The molecule has 0 radical (unpaired) electrons. The van der Waals surface area contributed by atoms with Gasteiger partial charge in [0.15, 0.2) is 0 Å². The van der Waals surface area contributed by atoms with E-state index in [1.54, 1.807) is 17.5 Å². The van der Waals surface area contributed by atoms with Crippen molar-refractivity contribution in [3.05, 3.63) is 35.1 Å². The van der Waals surface area contributed by atoms with Crippen molar-refractivity contribution >= 4 is 11.3 Å². The molecule has 1 fully saturated rings. The largest absolute Gasteiger partial charge is 0.396 e. The van der Waals surface area contributed by atoms with E-state index in [9.17, 15) is 5.11 Å². The highest BCUT2D eigenvalue weighted by Crippen LogP contribution is 2.37. The van der Waals surface area contributed by atoms with Gasteiger partial charge in [0.25, 0.3) is 0 Å². The van der Waals surface area contributed by atoms with Crippen molar-refractivity contribution in [3.8, 4) is 10.6 Å².